The van der Waals surface area contributed by atoms with Gasteiger partial charge in [0.2, 0.25) is 11.8 Å². The van der Waals surface area contributed by atoms with E-state index in [1.54, 1.807) is 0 Å². The van der Waals surface area contributed by atoms with Crippen LogP contribution in [0.1, 0.15) is 38.5 Å². The SMILES string of the molecule is [13CH3]N1CCN(CC2CCCN2C[13C](=O)[15NH][13CH2][13CH2][13CH2][13C](=O)[15NH][13CH2][13CH2][13CH2][13C](=O)O)[13CH2][13CH2]1. The molecule has 1 unspecified atom stereocenters. The molecule has 0 aromatic carbocycles. The molecule has 166 valence electrons. The number of carboxylic acid groups (broad SMARTS) is 1. The maximum Gasteiger partial charge on any atom is 0.303 e. The lowest BCUT2D eigenvalue weighted by atomic mass is 10.2. The normalized spacial score (nSPS) is 21.2. The van der Waals surface area contributed by atoms with Crippen LogP contribution in [0.25, 0.3) is 0 Å². The highest BCUT2D eigenvalue weighted by Gasteiger charge is 2.28. The number of carboxylic acids is 1. The van der Waals surface area contributed by atoms with Crippen molar-refractivity contribution in [1.29, 1.82) is 0 Å². The predicted octanol–water partition coefficient (Wildman–Crippen LogP) is -0.424. The van der Waals surface area contributed by atoms with E-state index in [1.165, 1.54) is 0 Å². The molecule has 9 heteroatoms. The van der Waals surface area contributed by atoms with Crippen LogP contribution in [0.15, 0.2) is 0 Å². The molecular formula is C20H37N5O4. The number of aliphatic carboxylic acids is 1. The van der Waals surface area contributed by atoms with Gasteiger partial charge in [-0.3, -0.25) is 24.2 Å². The van der Waals surface area contributed by atoms with Crippen molar-refractivity contribution in [2.75, 3.05) is 66.0 Å². The molecule has 2 amide bonds. The van der Waals surface area contributed by atoms with Gasteiger partial charge in [-0.1, -0.05) is 0 Å². The van der Waals surface area contributed by atoms with Crippen molar-refractivity contribution in [1.82, 2.24) is 25.3 Å². The number of likely N-dealkylation sites (N-methyl/N-ethyl adjacent to an activating group) is 1. The van der Waals surface area contributed by atoms with E-state index in [4.69, 9.17) is 5.11 Å². The lowest BCUT2D eigenvalue weighted by molar-refractivity contribution is -0.137. The summed E-state index contributed by atoms with van der Waals surface area (Å²) in [4.78, 5) is 41.5. The van der Waals surface area contributed by atoms with Gasteiger partial charge in [0.15, 0.2) is 0 Å². The first-order valence-corrected chi connectivity index (χ1v) is 10.8. The molecule has 1 atom stereocenters. The number of likely N-dealkylation sites (tertiary alicyclic amines) is 1. The third-order valence-electron chi connectivity index (χ3n) is 5.70. The molecule has 2 saturated heterocycles. The summed E-state index contributed by atoms with van der Waals surface area (Å²) < 4.78 is 0. The van der Waals surface area contributed by atoms with Crippen LogP contribution in [0, 0.1) is 0 Å². The fraction of sp³-hybridized carbons (Fsp3) is 0.850. The Kier molecular flexibility index (Phi) is 10.4. The Morgan fingerprint density at radius 2 is 1.59 bits per heavy atom. The van der Waals surface area contributed by atoms with Crippen LogP contribution in [0.3, 0.4) is 0 Å². The molecule has 2 aliphatic rings. The van der Waals surface area contributed by atoms with Gasteiger partial charge in [0.1, 0.15) is 0 Å². The highest BCUT2D eigenvalue weighted by molar-refractivity contribution is 5.78. The molecule has 3 N–H and O–H groups in total. The number of piperazine rings is 1. The minimum atomic E-state index is -0.856. The quantitative estimate of drug-likeness (QED) is 0.222. The summed E-state index contributed by atoms with van der Waals surface area (Å²) in [5.41, 5.74) is 0. The highest BCUT2D eigenvalue weighted by Crippen LogP contribution is 2.18. The average Bonchev–Trinajstić information content (AvgIpc) is 3.10. The van der Waals surface area contributed by atoms with Crippen LogP contribution >= 0.6 is 0 Å². The Morgan fingerprint density at radius 3 is 2.28 bits per heavy atom. The van der Waals surface area contributed by atoms with Gasteiger partial charge >= 0.3 is 5.97 Å². The van der Waals surface area contributed by atoms with E-state index < -0.39 is 5.97 Å². The van der Waals surface area contributed by atoms with Crippen LogP contribution in [0.2, 0.25) is 0 Å². The van der Waals surface area contributed by atoms with Gasteiger partial charge in [0, 0.05) is 64.7 Å². The predicted molar refractivity (Wildman–Crippen MR) is 111 cm³/mol. The molecule has 2 aliphatic heterocycles. The van der Waals surface area contributed by atoms with Crippen molar-refractivity contribution in [3.05, 3.63) is 0 Å². The summed E-state index contributed by atoms with van der Waals surface area (Å²) in [6, 6.07) is 0.459. The summed E-state index contributed by atoms with van der Waals surface area (Å²) in [6.07, 6.45) is 3.71. The molecule has 0 bridgehead atoms. The van der Waals surface area contributed by atoms with Crippen molar-refractivity contribution in [3.8, 4) is 0 Å². The van der Waals surface area contributed by atoms with Gasteiger partial charge in [-0.2, -0.15) is 0 Å². The van der Waals surface area contributed by atoms with Crippen molar-refractivity contribution in [2.24, 2.45) is 0 Å². The van der Waals surface area contributed by atoms with Crippen LogP contribution in [0.5, 0.6) is 0 Å². The number of hydrogen-bond donors (Lipinski definition) is 3. The molecule has 0 aliphatic carbocycles. The van der Waals surface area contributed by atoms with Crippen molar-refractivity contribution in [2.45, 2.75) is 44.6 Å². The van der Waals surface area contributed by atoms with Crippen molar-refractivity contribution < 1.29 is 19.5 Å². The zero-order valence-electron chi connectivity index (χ0n) is 17.7. The van der Waals surface area contributed by atoms with Gasteiger partial charge in [0.05, 0.1) is 6.54 Å². The van der Waals surface area contributed by atoms with Crippen LogP contribution in [0.4, 0.5) is 0 Å². The first-order valence-electron chi connectivity index (χ1n) is 10.8. The molecule has 0 spiro atoms. The summed E-state index contributed by atoms with van der Waals surface area (Å²) >= 11 is 0. The fourth-order valence-electron chi connectivity index (χ4n) is 3.91. The lowest BCUT2D eigenvalue weighted by Crippen LogP contribution is -2.50. The highest BCUT2D eigenvalue weighted by atomic mass is 16.5. The van der Waals surface area contributed by atoms with Gasteiger partial charge in [-0.15, -0.1) is 0 Å². The summed E-state index contributed by atoms with van der Waals surface area (Å²) in [5, 5.41) is 14.2. The second-order valence-electron chi connectivity index (χ2n) is 8.17. The number of carbonyl (C=O) groups is 3. The molecule has 2 heterocycles. The third kappa shape index (κ3) is 9.56. The third-order valence-corrected chi connectivity index (χ3v) is 5.70. The lowest BCUT2D eigenvalue weighted by Gasteiger charge is -2.36. The molecule has 0 aromatic heterocycles. The molecule has 2 rings (SSSR count). The van der Waals surface area contributed by atoms with E-state index in [0.29, 0.717) is 44.9 Å². The first kappa shape index (κ1) is 23.6. The van der Waals surface area contributed by atoms with E-state index in [-0.39, 0.29) is 18.2 Å². The number of carbonyl (C=O) groups excluding carboxylic acids is 2. The topological polar surface area (TPSA) is 105 Å². The zero-order valence-corrected chi connectivity index (χ0v) is 17.7. The van der Waals surface area contributed by atoms with E-state index in [2.05, 4.69) is 32.4 Å². The van der Waals surface area contributed by atoms with E-state index in [9.17, 15) is 14.4 Å². The summed E-state index contributed by atoms with van der Waals surface area (Å²) in [6.45, 7) is 7.74. The molecule has 9 nitrogen and oxygen atoms in total. The Hall–Kier alpha value is -1.71. The molecule has 0 radical (unpaired) electrons. The smallest absolute Gasteiger partial charge is 0.303 e. The van der Waals surface area contributed by atoms with Crippen LogP contribution in [-0.2, 0) is 14.4 Å². The minimum absolute atomic E-state index is 0.0251. The Bertz CT molecular complexity index is 537. The fourth-order valence-corrected chi connectivity index (χ4v) is 3.91. The zero-order chi connectivity index (χ0) is 21.1. The van der Waals surface area contributed by atoms with Gasteiger partial charge in [-0.05, 0) is 39.3 Å². The van der Waals surface area contributed by atoms with Crippen LogP contribution < -0.4 is 10.6 Å². The summed E-state index contributed by atoms with van der Waals surface area (Å²) in [5.74, 6) is -0.931. The number of hydrogen-bond acceptors (Lipinski definition) is 6. The van der Waals surface area contributed by atoms with Crippen molar-refractivity contribution in [3.63, 3.8) is 0 Å². The molecule has 29 heavy (non-hydrogen) atoms. The maximum absolute atomic E-state index is 12.3. The van der Waals surface area contributed by atoms with Crippen LogP contribution in [-0.4, -0.2) is 110 Å². The van der Waals surface area contributed by atoms with Gasteiger partial charge < -0.3 is 20.6 Å². The average molecular weight is 425 g/mol. The number of nitrogens with zero attached hydrogens (tertiary/aromatic N) is 3. The number of nitrogens with one attached hydrogen (secondary N) is 2. The molecule has 0 aromatic rings. The van der Waals surface area contributed by atoms with E-state index in [0.717, 1.165) is 52.1 Å². The second-order valence-corrected chi connectivity index (χ2v) is 8.17. The van der Waals surface area contributed by atoms with Gasteiger partial charge in [0.25, 0.3) is 0 Å². The Balaban J connectivity index is 1.55. The second kappa shape index (κ2) is 12.8. The standard InChI is InChI=1S/C20H37N5O4/c1-23-11-13-24(14-12-23)15-17-5-4-10-25(17)16-19(27)22-8-2-6-18(26)21-9-3-7-20(28)29/h17H,2-16H2,1H3,(H,21,26)(H,22,27)(H,28,29)/i1+1,2+1,3+1,6+1,7+1,8+1,9+1,11+1,13+1,18+1,19+1,20+1,21+1,22+1. The number of amides is 2. The monoisotopic (exact) mass is 425 g/mol. The molecule has 2 fully saturated rings. The van der Waals surface area contributed by atoms with E-state index in [1.807, 2.05) is 0 Å². The van der Waals surface area contributed by atoms with E-state index >= 15 is 0 Å². The molecule has 0 saturated carbocycles. The minimum Gasteiger partial charge on any atom is -0.481 e. The largest absolute Gasteiger partial charge is 0.481 e. The Morgan fingerprint density at radius 1 is 0.931 bits per heavy atom. The Labute approximate surface area is 173 Å². The maximum atomic E-state index is 12.3. The first-order chi connectivity index (χ1) is 13.9. The molecular weight excluding hydrogens is 388 g/mol. The van der Waals surface area contributed by atoms with Crippen molar-refractivity contribution >= 4 is 17.8 Å². The summed E-state index contributed by atoms with van der Waals surface area (Å²) in [7, 11) is 2.16. The van der Waals surface area contributed by atoms with Gasteiger partial charge in [-0.25, -0.2) is 0 Å². The number of rotatable bonds is 12.